The molecule has 30 heavy (non-hydrogen) atoms. The van der Waals surface area contributed by atoms with Gasteiger partial charge >= 0.3 is 0 Å². The van der Waals surface area contributed by atoms with Gasteiger partial charge in [-0.2, -0.15) is 0 Å². The lowest BCUT2D eigenvalue weighted by molar-refractivity contribution is -0.119. The number of carbonyl (C=O) groups is 4. The molecule has 0 aromatic heterocycles. The van der Waals surface area contributed by atoms with Crippen LogP contribution in [-0.2, 0) is 16.1 Å². The molecule has 1 aliphatic heterocycles. The van der Waals surface area contributed by atoms with Crippen molar-refractivity contribution < 1.29 is 19.2 Å². The summed E-state index contributed by atoms with van der Waals surface area (Å²) >= 11 is 0. The molecule has 3 rings (SSSR count). The average molecular weight is 408 g/mol. The lowest BCUT2D eigenvalue weighted by Crippen LogP contribution is -2.35. The molecular weight excluding hydrogens is 384 g/mol. The summed E-state index contributed by atoms with van der Waals surface area (Å²) in [6.45, 7) is 0.788. The van der Waals surface area contributed by atoms with Crippen LogP contribution in [0, 0.1) is 0 Å². The molecule has 0 atom stereocenters. The van der Waals surface area contributed by atoms with Crippen LogP contribution in [0.5, 0.6) is 0 Å². The van der Waals surface area contributed by atoms with Gasteiger partial charge in [-0.25, -0.2) is 0 Å². The minimum absolute atomic E-state index is 0.116. The standard InChI is InChI=1S/C22H24N4O4/c23-19(27)14-25-22(30)16-6-4-15(5-7-16)13-24-21(29)17-8-10-18(11-9-17)26-12-2-1-3-20(26)28/h4-11H,1-3,12-14H2,(H2,23,27)(H,24,29)(H,25,30). The number of amides is 4. The number of anilines is 1. The number of carbonyl (C=O) groups excluding carboxylic acids is 4. The van der Waals surface area contributed by atoms with Crippen LogP contribution in [-0.4, -0.2) is 36.7 Å². The predicted molar refractivity (Wildman–Crippen MR) is 112 cm³/mol. The van der Waals surface area contributed by atoms with E-state index >= 15 is 0 Å². The molecular formula is C22H24N4O4. The molecule has 0 saturated carbocycles. The maximum Gasteiger partial charge on any atom is 0.251 e. The summed E-state index contributed by atoms with van der Waals surface area (Å²) in [7, 11) is 0. The Bertz CT molecular complexity index is 939. The van der Waals surface area contributed by atoms with E-state index in [0.29, 0.717) is 30.6 Å². The van der Waals surface area contributed by atoms with E-state index < -0.39 is 11.8 Å². The third kappa shape index (κ3) is 5.44. The molecule has 0 bridgehead atoms. The molecule has 1 heterocycles. The monoisotopic (exact) mass is 408 g/mol. The second kappa shape index (κ2) is 9.69. The number of hydrogen-bond donors (Lipinski definition) is 3. The Hall–Kier alpha value is -3.68. The van der Waals surface area contributed by atoms with Crippen molar-refractivity contribution in [1.29, 1.82) is 0 Å². The molecule has 8 heteroatoms. The van der Waals surface area contributed by atoms with Crippen molar-refractivity contribution in [3.05, 3.63) is 65.2 Å². The Morgan fingerprint density at radius 3 is 2.07 bits per heavy atom. The first-order valence-corrected chi connectivity index (χ1v) is 9.78. The van der Waals surface area contributed by atoms with Crippen LogP contribution in [0.15, 0.2) is 48.5 Å². The molecule has 0 spiro atoms. The first-order chi connectivity index (χ1) is 14.4. The number of benzene rings is 2. The number of nitrogens with zero attached hydrogens (tertiary/aromatic N) is 1. The third-order valence-electron chi connectivity index (χ3n) is 4.86. The number of piperidine rings is 1. The predicted octanol–water partition coefficient (Wildman–Crippen LogP) is 1.35. The summed E-state index contributed by atoms with van der Waals surface area (Å²) in [6, 6.07) is 13.7. The molecule has 1 fully saturated rings. The highest BCUT2D eigenvalue weighted by atomic mass is 16.2. The van der Waals surface area contributed by atoms with Crippen LogP contribution in [0.3, 0.4) is 0 Å². The Kier molecular flexibility index (Phi) is 6.79. The van der Waals surface area contributed by atoms with Crippen LogP contribution in [0.2, 0.25) is 0 Å². The number of primary amides is 1. The normalized spacial score (nSPS) is 13.6. The molecule has 156 valence electrons. The summed E-state index contributed by atoms with van der Waals surface area (Å²) in [5.41, 5.74) is 7.53. The van der Waals surface area contributed by atoms with Crippen molar-refractivity contribution in [2.45, 2.75) is 25.8 Å². The Balaban J connectivity index is 1.53. The van der Waals surface area contributed by atoms with Gasteiger partial charge in [0.25, 0.3) is 11.8 Å². The fraction of sp³-hybridized carbons (Fsp3) is 0.273. The quantitative estimate of drug-likeness (QED) is 0.640. The van der Waals surface area contributed by atoms with Gasteiger partial charge in [0.05, 0.1) is 6.54 Å². The van der Waals surface area contributed by atoms with E-state index in [1.807, 2.05) is 0 Å². The summed E-state index contributed by atoms with van der Waals surface area (Å²) in [5, 5.41) is 5.24. The lowest BCUT2D eigenvalue weighted by Gasteiger charge is -2.26. The van der Waals surface area contributed by atoms with Crippen LogP contribution < -0.4 is 21.3 Å². The van der Waals surface area contributed by atoms with Crippen molar-refractivity contribution in [3.8, 4) is 0 Å². The summed E-state index contributed by atoms with van der Waals surface area (Å²) in [6.07, 6.45) is 2.47. The van der Waals surface area contributed by atoms with Crippen molar-refractivity contribution >= 4 is 29.3 Å². The zero-order valence-corrected chi connectivity index (χ0v) is 16.5. The molecule has 4 N–H and O–H groups in total. The zero-order valence-electron chi connectivity index (χ0n) is 16.5. The van der Waals surface area contributed by atoms with E-state index in [1.54, 1.807) is 53.4 Å². The molecule has 8 nitrogen and oxygen atoms in total. The zero-order chi connectivity index (χ0) is 21.5. The van der Waals surface area contributed by atoms with E-state index in [0.717, 1.165) is 24.1 Å². The molecule has 4 amide bonds. The van der Waals surface area contributed by atoms with E-state index in [-0.39, 0.29) is 18.4 Å². The first kappa shape index (κ1) is 21.0. The van der Waals surface area contributed by atoms with Gasteiger partial charge in [0.1, 0.15) is 0 Å². The van der Waals surface area contributed by atoms with Crippen molar-refractivity contribution in [2.24, 2.45) is 5.73 Å². The van der Waals surface area contributed by atoms with Crippen molar-refractivity contribution in [3.63, 3.8) is 0 Å². The van der Waals surface area contributed by atoms with Crippen LogP contribution in [0.1, 0.15) is 45.5 Å². The Labute approximate surface area is 174 Å². The number of hydrogen-bond acceptors (Lipinski definition) is 4. The van der Waals surface area contributed by atoms with E-state index in [9.17, 15) is 19.2 Å². The van der Waals surface area contributed by atoms with E-state index in [1.165, 1.54) is 0 Å². The topological polar surface area (TPSA) is 122 Å². The second-order valence-electron chi connectivity index (χ2n) is 7.08. The van der Waals surface area contributed by atoms with Gasteiger partial charge in [0, 0.05) is 36.3 Å². The molecule has 1 saturated heterocycles. The van der Waals surface area contributed by atoms with E-state index in [2.05, 4.69) is 10.6 Å². The average Bonchev–Trinajstić information content (AvgIpc) is 2.76. The van der Waals surface area contributed by atoms with Gasteiger partial charge in [-0.15, -0.1) is 0 Å². The fourth-order valence-corrected chi connectivity index (χ4v) is 3.20. The first-order valence-electron chi connectivity index (χ1n) is 9.78. The van der Waals surface area contributed by atoms with Crippen LogP contribution >= 0.6 is 0 Å². The van der Waals surface area contributed by atoms with Gasteiger partial charge in [0.2, 0.25) is 11.8 Å². The number of nitrogens with two attached hydrogens (primary N) is 1. The van der Waals surface area contributed by atoms with Crippen molar-refractivity contribution in [1.82, 2.24) is 10.6 Å². The summed E-state index contributed by atoms with van der Waals surface area (Å²) < 4.78 is 0. The summed E-state index contributed by atoms with van der Waals surface area (Å²) in [4.78, 5) is 48.7. The number of rotatable bonds is 7. The van der Waals surface area contributed by atoms with Gasteiger partial charge < -0.3 is 21.3 Å². The van der Waals surface area contributed by atoms with Gasteiger partial charge in [-0.05, 0) is 54.8 Å². The molecule has 0 aliphatic carbocycles. The highest BCUT2D eigenvalue weighted by Crippen LogP contribution is 2.21. The van der Waals surface area contributed by atoms with Crippen LogP contribution in [0.25, 0.3) is 0 Å². The van der Waals surface area contributed by atoms with Crippen LogP contribution in [0.4, 0.5) is 5.69 Å². The largest absolute Gasteiger partial charge is 0.368 e. The Morgan fingerprint density at radius 2 is 1.47 bits per heavy atom. The van der Waals surface area contributed by atoms with Crippen molar-refractivity contribution in [2.75, 3.05) is 18.0 Å². The number of nitrogens with one attached hydrogen (secondary N) is 2. The molecule has 0 radical (unpaired) electrons. The minimum atomic E-state index is -0.613. The molecule has 1 aliphatic rings. The van der Waals surface area contributed by atoms with Gasteiger partial charge in [0.15, 0.2) is 0 Å². The SMILES string of the molecule is NC(=O)CNC(=O)c1ccc(CNC(=O)c2ccc(N3CCCCC3=O)cc2)cc1. The highest BCUT2D eigenvalue weighted by Gasteiger charge is 2.19. The van der Waals surface area contributed by atoms with E-state index in [4.69, 9.17) is 5.73 Å². The lowest BCUT2D eigenvalue weighted by atomic mass is 10.1. The molecule has 2 aromatic carbocycles. The van der Waals surface area contributed by atoms with Gasteiger partial charge in [-0.3, -0.25) is 19.2 Å². The molecule has 0 unspecified atom stereocenters. The molecule has 2 aromatic rings. The van der Waals surface area contributed by atoms with Gasteiger partial charge in [-0.1, -0.05) is 12.1 Å². The smallest absolute Gasteiger partial charge is 0.251 e. The maximum atomic E-state index is 12.4. The fourth-order valence-electron chi connectivity index (χ4n) is 3.20. The highest BCUT2D eigenvalue weighted by molar-refractivity contribution is 5.97. The Morgan fingerprint density at radius 1 is 0.867 bits per heavy atom. The minimum Gasteiger partial charge on any atom is -0.368 e. The third-order valence-corrected chi connectivity index (χ3v) is 4.86. The second-order valence-corrected chi connectivity index (χ2v) is 7.08. The maximum absolute atomic E-state index is 12.4. The summed E-state index contributed by atoms with van der Waals surface area (Å²) in [5.74, 6) is -1.12.